The minimum absolute atomic E-state index is 0. The Morgan fingerprint density at radius 2 is 1.27 bits per heavy atom. The van der Waals surface area contributed by atoms with Gasteiger partial charge < -0.3 is 28.2 Å². The molecule has 13 heteroatoms. The Morgan fingerprint density at radius 3 is 1.69 bits per heavy atom. The van der Waals surface area contributed by atoms with Gasteiger partial charge in [-0.05, 0) is 52.3 Å². The Balaban J connectivity index is 0.000000664. The molecule has 0 spiro atoms. The third-order valence-electron chi connectivity index (χ3n) is 5.62. The number of carbonyl (C=O) groups is 4. The number of nitrogens with zero attached hydrogens (tertiary/aromatic N) is 2. The molecule has 48 heavy (non-hydrogen) atoms. The van der Waals surface area contributed by atoms with E-state index in [0.717, 1.165) is 18.8 Å². The second-order valence-electron chi connectivity index (χ2n) is 8.97. The van der Waals surface area contributed by atoms with Gasteiger partial charge >= 0.3 is 30.4 Å². The summed E-state index contributed by atoms with van der Waals surface area (Å²) in [6, 6.07) is 26.1. The fourth-order valence-corrected chi connectivity index (χ4v) is 3.52. The molecule has 11 nitrogen and oxygen atoms in total. The van der Waals surface area contributed by atoms with Crippen molar-refractivity contribution in [3.8, 4) is 11.3 Å². The molecule has 248 valence electrons. The maximum atomic E-state index is 11.6. The number of carbonyl (C=O) groups excluding carboxylic acids is 4. The molecular formula is C35H37BN2O9U. The van der Waals surface area contributed by atoms with E-state index >= 15 is 0 Å². The van der Waals surface area contributed by atoms with Crippen LogP contribution in [0.3, 0.4) is 0 Å². The molecule has 0 aliphatic carbocycles. The molecule has 5 rings (SSSR count). The van der Waals surface area contributed by atoms with Crippen LogP contribution < -0.4 is 0 Å². The first-order valence-corrected chi connectivity index (χ1v) is 14.5. The van der Waals surface area contributed by atoms with E-state index in [0.29, 0.717) is 30.1 Å². The molecule has 0 N–H and O–H groups in total. The van der Waals surface area contributed by atoms with Gasteiger partial charge in [0.05, 0.1) is 24.3 Å². The molecule has 0 saturated carbocycles. The van der Waals surface area contributed by atoms with Gasteiger partial charge in [-0.1, -0.05) is 66.7 Å². The van der Waals surface area contributed by atoms with E-state index in [1.807, 2.05) is 30.3 Å². The van der Waals surface area contributed by atoms with E-state index in [2.05, 4.69) is 22.9 Å². The average molecular weight is 880 g/mol. The van der Waals surface area contributed by atoms with Crippen LogP contribution in [0.25, 0.3) is 16.2 Å². The molecule has 1 saturated heterocycles. The summed E-state index contributed by atoms with van der Waals surface area (Å²) in [4.78, 5) is 51.6. The van der Waals surface area contributed by atoms with Crippen molar-refractivity contribution in [2.75, 3.05) is 33.0 Å². The third-order valence-corrected chi connectivity index (χ3v) is 5.62. The van der Waals surface area contributed by atoms with Gasteiger partial charge in [0, 0.05) is 58.3 Å². The van der Waals surface area contributed by atoms with Gasteiger partial charge in [0.1, 0.15) is 0 Å². The molecule has 1 aliphatic rings. The van der Waals surface area contributed by atoms with E-state index in [-0.39, 0.29) is 43.4 Å². The van der Waals surface area contributed by atoms with Crippen LogP contribution in [0.5, 0.6) is 0 Å². The summed E-state index contributed by atoms with van der Waals surface area (Å²) in [6.07, 6.45) is 3.80. The number of hydrogen-bond acceptors (Lipinski definition) is 10. The Bertz CT molecular complexity index is 1480. The van der Waals surface area contributed by atoms with Gasteiger partial charge in [0.25, 0.3) is 0 Å². The summed E-state index contributed by atoms with van der Waals surface area (Å²) in [5.41, 5.74) is 1.74. The normalized spacial score (nSPS) is 10.6. The van der Waals surface area contributed by atoms with E-state index in [1.165, 1.54) is 19.2 Å². The van der Waals surface area contributed by atoms with Crippen molar-refractivity contribution in [3.63, 3.8) is 0 Å². The van der Waals surface area contributed by atoms with Crippen LogP contribution in [-0.2, 0) is 23.7 Å². The Hall–Kier alpha value is -4.48. The molecule has 1 fully saturated rings. The van der Waals surface area contributed by atoms with Crippen LogP contribution in [0.2, 0.25) is 0 Å². The van der Waals surface area contributed by atoms with Crippen molar-refractivity contribution < 1.29 is 73.7 Å². The van der Waals surface area contributed by atoms with Crippen molar-refractivity contribution in [3.05, 3.63) is 126 Å². The standard InChI is InChI=1S/C14H10O3.C12H11NO3.C5H7NO2.C4H8O.BH.U/c15-13(11-7-3-1-4-8-11)17-14(16)12-9-5-2-6-10-12;1-2-15-12(14)10-11(16-8-13-10)9-6-4-3-5-7-9;1-3-8-5(7)4-6-2;1-2-4-5-3-1;;/h1-10H;3-8H,2H2,1H3;3-4H2,1H3;1-4H2;1H;/i;;;;1D;. The first-order valence-electron chi connectivity index (χ1n) is 15.1. The van der Waals surface area contributed by atoms with E-state index < -0.39 is 23.9 Å². The fourth-order valence-electron chi connectivity index (χ4n) is 3.52. The topological polar surface area (TPSA) is 136 Å². The van der Waals surface area contributed by atoms with Gasteiger partial charge in [-0.3, -0.25) is 0 Å². The predicted molar refractivity (Wildman–Crippen MR) is 176 cm³/mol. The molecule has 0 amide bonds. The predicted octanol–water partition coefficient (Wildman–Crippen LogP) is 5.82. The number of oxazole rings is 1. The van der Waals surface area contributed by atoms with E-state index in [1.54, 1.807) is 74.5 Å². The SMILES string of the molecule is C1CCOC1.CCOC(=O)c1ncoc1-c1ccccc1.O=C(OC(=O)c1ccccc1)c1ccccc1.[2H][B].[C-]#[N+]CC(=O)OCC.[U]. The Kier molecular flexibility index (Phi) is 23.0. The number of benzene rings is 3. The summed E-state index contributed by atoms with van der Waals surface area (Å²) in [6.45, 7) is 12.2. The van der Waals surface area contributed by atoms with Crippen LogP contribution >= 0.6 is 0 Å². The summed E-state index contributed by atoms with van der Waals surface area (Å²) in [7, 11) is 3.75. The number of aromatic nitrogens is 1. The molecule has 1 aliphatic heterocycles. The summed E-state index contributed by atoms with van der Waals surface area (Å²) in [5.74, 6) is -1.74. The molecule has 2 heterocycles. The zero-order chi connectivity index (χ0) is 35.4. The molecule has 0 bridgehead atoms. The van der Waals surface area contributed by atoms with Crippen LogP contribution in [0.15, 0.2) is 102 Å². The first-order chi connectivity index (χ1) is 23.4. The van der Waals surface area contributed by atoms with Gasteiger partial charge in [0.2, 0.25) is 0 Å². The van der Waals surface area contributed by atoms with Crippen LogP contribution in [-0.4, -0.2) is 71.5 Å². The molecule has 1 aromatic heterocycles. The van der Waals surface area contributed by atoms with Crippen molar-refractivity contribution in [2.24, 2.45) is 0 Å². The molecule has 2 radical (unpaired) electrons. The van der Waals surface area contributed by atoms with E-state index in [9.17, 15) is 19.2 Å². The summed E-state index contributed by atoms with van der Waals surface area (Å²) >= 11 is 0. The summed E-state index contributed by atoms with van der Waals surface area (Å²) < 4.78 is 29.5. The smallest absolute Gasteiger partial charge is 0.387 e. The quantitative estimate of drug-likeness (QED) is 0.0736. The Labute approximate surface area is 307 Å². The van der Waals surface area contributed by atoms with Crippen molar-refractivity contribution in [2.45, 2.75) is 26.7 Å². The maximum absolute atomic E-state index is 11.6. The number of ether oxygens (including phenoxy) is 4. The van der Waals surface area contributed by atoms with Crippen molar-refractivity contribution in [1.29, 1.82) is 1.34 Å². The maximum Gasteiger partial charge on any atom is 0.387 e. The number of rotatable bonds is 7. The second-order valence-corrected chi connectivity index (χ2v) is 8.97. The van der Waals surface area contributed by atoms with Gasteiger partial charge in [-0.25, -0.2) is 30.7 Å². The fraction of sp³-hybridized carbons (Fsp3) is 0.257. The average Bonchev–Trinajstić information content (AvgIpc) is 3.88. The molecule has 0 unspecified atom stereocenters. The van der Waals surface area contributed by atoms with Crippen molar-refractivity contribution >= 4 is 32.3 Å². The molecule has 3 aromatic carbocycles. The third kappa shape index (κ3) is 16.9. The van der Waals surface area contributed by atoms with Gasteiger partial charge in [0.15, 0.2) is 17.8 Å². The first kappa shape index (κ1) is 41.5. The molecular weight excluding hydrogens is 841 g/mol. The Morgan fingerprint density at radius 1 is 0.792 bits per heavy atom. The van der Waals surface area contributed by atoms with Gasteiger partial charge in [-0.2, -0.15) is 0 Å². The number of hydrogen-bond donors (Lipinski definition) is 0. The molecule has 0 atom stereocenters. The molecule has 4 aromatic rings. The minimum atomic E-state index is -0.639. The van der Waals surface area contributed by atoms with Crippen molar-refractivity contribution in [1.82, 2.24) is 4.98 Å². The van der Waals surface area contributed by atoms with Crippen LogP contribution in [0, 0.1) is 37.7 Å². The second kappa shape index (κ2) is 26.6. The van der Waals surface area contributed by atoms with Gasteiger partial charge in [-0.15, -0.1) is 0 Å². The van der Waals surface area contributed by atoms with Crippen LogP contribution in [0.4, 0.5) is 0 Å². The zero-order valence-electron chi connectivity index (χ0n) is 27.8. The summed E-state index contributed by atoms with van der Waals surface area (Å²) in [5, 5.41) is 0. The van der Waals surface area contributed by atoms with E-state index in [4.69, 9.17) is 26.5 Å². The minimum Gasteiger partial charge on any atom is -0.461 e. The van der Waals surface area contributed by atoms with Crippen LogP contribution in [0.1, 0.15) is 57.9 Å². The largest absolute Gasteiger partial charge is 0.461 e. The monoisotopic (exact) mass is 879 g/mol. The number of esters is 4. The zero-order valence-corrected chi connectivity index (χ0v) is 31.0.